The highest BCUT2D eigenvalue weighted by molar-refractivity contribution is 6.09. The molecule has 2 aliphatic heterocycles. The van der Waals surface area contributed by atoms with Crippen LogP contribution in [-0.2, 0) is 25.8 Å². The van der Waals surface area contributed by atoms with Gasteiger partial charge in [0, 0.05) is 36.3 Å². The molecule has 2 aromatic heterocycles. The first kappa shape index (κ1) is 28.1. The van der Waals surface area contributed by atoms with Crippen molar-refractivity contribution in [3.05, 3.63) is 112 Å². The number of carboxylic acid groups (broad SMARTS) is 1. The van der Waals surface area contributed by atoms with E-state index in [2.05, 4.69) is 10.3 Å². The van der Waals surface area contributed by atoms with Crippen LogP contribution in [0.5, 0.6) is 5.75 Å². The molecular weight excluding hydrogens is 544 g/mol. The van der Waals surface area contributed by atoms with E-state index in [0.29, 0.717) is 59.4 Å². The van der Waals surface area contributed by atoms with Gasteiger partial charge >= 0.3 is 5.97 Å². The maximum Gasteiger partial charge on any atom is 0.338 e. The smallest absolute Gasteiger partial charge is 0.338 e. The number of ether oxygens (including phenoxy) is 1. The van der Waals surface area contributed by atoms with Crippen molar-refractivity contribution in [3.63, 3.8) is 0 Å². The zero-order chi connectivity index (χ0) is 29.9. The van der Waals surface area contributed by atoms with Crippen LogP contribution >= 0.6 is 0 Å². The number of carbonyl (C=O) groups is 3. The Kier molecular flexibility index (Phi) is 7.87. The predicted octanol–water partition coefficient (Wildman–Crippen LogP) is 4.73. The van der Waals surface area contributed by atoms with E-state index in [9.17, 15) is 19.5 Å². The molecule has 218 valence electrons. The highest BCUT2D eigenvalue weighted by Gasteiger charge is 2.40. The Hall–Kier alpha value is -5.05. The molecule has 0 spiro atoms. The van der Waals surface area contributed by atoms with Crippen molar-refractivity contribution < 1.29 is 24.2 Å². The van der Waals surface area contributed by atoms with Gasteiger partial charge in [0.25, 0.3) is 11.8 Å². The number of aryl methyl sites for hydroxylation is 2. The average molecular weight is 577 g/mol. The molecule has 1 atom stereocenters. The van der Waals surface area contributed by atoms with Crippen LogP contribution in [0.15, 0.2) is 72.9 Å². The van der Waals surface area contributed by atoms with Gasteiger partial charge in [-0.1, -0.05) is 30.3 Å². The third kappa shape index (κ3) is 5.70. The van der Waals surface area contributed by atoms with Gasteiger partial charge in [-0.3, -0.25) is 19.6 Å². The van der Waals surface area contributed by atoms with Crippen LogP contribution in [0, 0.1) is 0 Å². The number of fused-ring (bicyclic) bond motifs is 2. The first-order valence-corrected chi connectivity index (χ1v) is 14.4. The lowest BCUT2D eigenvalue weighted by atomic mass is 9.86. The summed E-state index contributed by atoms with van der Waals surface area (Å²) in [6, 6.07) is 20.0. The first-order valence-electron chi connectivity index (χ1n) is 14.4. The van der Waals surface area contributed by atoms with Crippen molar-refractivity contribution in [2.75, 3.05) is 13.7 Å². The molecule has 2 N–H and O–H groups in total. The second kappa shape index (κ2) is 12.1. The van der Waals surface area contributed by atoms with E-state index in [1.165, 1.54) is 0 Å². The summed E-state index contributed by atoms with van der Waals surface area (Å²) in [5.41, 5.74) is 4.61. The van der Waals surface area contributed by atoms with E-state index in [1.807, 2.05) is 47.4 Å². The van der Waals surface area contributed by atoms with Gasteiger partial charge in [0.05, 0.1) is 41.9 Å². The Labute approximate surface area is 249 Å². The fraction of sp³-hybridized carbons (Fsp3) is 0.265. The fourth-order valence-electron chi connectivity index (χ4n) is 6.07. The van der Waals surface area contributed by atoms with Crippen LogP contribution in [0.25, 0.3) is 11.1 Å². The molecule has 0 radical (unpaired) electrons. The standard InChI is InChI=1S/C34H32N4O5/c1-43-26-14-7-21(8-15-26)9-16-27-31(34(41)42)29(30-28(37-27)19-25-6-4-18-38(25)33(30)40)22-10-12-23(13-11-22)32(39)36-20-24-5-2-3-17-35-24/h2-3,5,7-8,10-15,17,25H,4,6,9,16,18-20H2,1H3,(H,36,39)(H,41,42)/t25-/m0/s1. The van der Waals surface area contributed by atoms with E-state index in [0.717, 1.165) is 29.8 Å². The summed E-state index contributed by atoms with van der Waals surface area (Å²) in [6.45, 7) is 0.935. The number of hydrogen-bond acceptors (Lipinski definition) is 6. The van der Waals surface area contributed by atoms with Gasteiger partial charge in [0.2, 0.25) is 0 Å². The van der Waals surface area contributed by atoms with Gasteiger partial charge in [0.15, 0.2) is 0 Å². The average Bonchev–Trinajstić information content (AvgIpc) is 3.52. The Morgan fingerprint density at radius 2 is 1.81 bits per heavy atom. The Morgan fingerprint density at radius 3 is 2.51 bits per heavy atom. The largest absolute Gasteiger partial charge is 0.497 e. The number of rotatable bonds is 9. The number of nitrogens with zero attached hydrogens (tertiary/aromatic N) is 3. The zero-order valence-corrected chi connectivity index (χ0v) is 23.9. The molecule has 6 rings (SSSR count). The summed E-state index contributed by atoms with van der Waals surface area (Å²) in [7, 11) is 1.61. The quantitative estimate of drug-likeness (QED) is 0.296. The molecular formula is C34H32N4O5. The molecule has 0 saturated carbocycles. The van der Waals surface area contributed by atoms with Crippen molar-refractivity contribution in [3.8, 4) is 16.9 Å². The molecule has 2 aromatic carbocycles. The number of carboxylic acids is 1. The number of benzene rings is 2. The molecule has 1 fully saturated rings. The van der Waals surface area contributed by atoms with Crippen LogP contribution < -0.4 is 10.1 Å². The van der Waals surface area contributed by atoms with E-state index in [4.69, 9.17) is 9.72 Å². The summed E-state index contributed by atoms with van der Waals surface area (Å²) >= 11 is 0. The SMILES string of the molecule is COc1ccc(CCc2nc3c(c(-c4ccc(C(=O)NCc5ccccn5)cc4)c2C(=O)O)C(=O)N2CCC[C@H]2C3)cc1. The minimum atomic E-state index is -1.14. The lowest BCUT2D eigenvalue weighted by Crippen LogP contribution is -2.42. The van der Waals surface area contributed by atoms with Crippen LogP contribution in [0.3, 0.4) is 0 Å². The minimum absolute atomic E-state index is 0.0330. The maximum absolute atomic E-state index is 13.8. The van der Waals surface area contributed by atoms with Crippen LogP contribution in [0.1, 0.15) is 66.6 Å². The number of methoxy groups -OCH3 is 1. The highest BCUT2D eigenvalue weighted by Crippen LogP contribution is 2.38. The van der Waals surface area contributed by atoms with Crippen molar-refractivity contribution in [1.29, 1.82) is 0 Å². The molecule has 4 aromatic rings. The molecule has 9 heteroatoms. The van der Waals surface area contributed by atoms with Crippen molar-refractivity contribution >= 4 is 17.8 Å². The Bertz CT molecular complexity index is 1670. The number of pyridine rings is 2. The Morgan fingerprint density at radius 1 is 1.02 bits per heavy atom. The van der Waals surface area contributed by atoms with Crippen LogP contribution in [-0.4, -0.2) is 57.5 Å². The van der Waals surface area contributed by atoms with Crippen molar-refractivity contribution in [2.24, 2.45) is 0 Å². The normalized spacial score (nSPS) is 15.5. The minimum Gasteiger partial charge on any atom is -0.497 e. The molecule has 9 nitrogen and oxygen atoms in total. The number of aromatic nitrogens is 2. The van der Waals surface area contributed by atoms with E-state index in [1.54, 1.807) is 37.6 Å². The summed E-state index contributed by atoms with van der Waals surface area (Å²) in [5, 5.41) is 13.4. The Balaban J connectivity index is 1.37. The van der Waals surface area contributed by atoms with Crippen LogP contribution in [0.4, 0.5) is 0 Å². The zero-order valence-electron chi connectivity index (χ0n) is 23.9. The monoisotopic (exact) mass is 576 g/mol. The van der Waals surface area contributed by atoms with E-state index < -0.39 is 5.97 Å². The third-order valence-corrected chi connectivity index (χ3v) is 8.24. The lowest BCUT2D eigenvalue weighted by molar-refractivity contribution is 0.0695. The summed E-state index contributed by atoms with van der Waals surface area (Å²) < 4.78 is 5.26. The number of hydrogen-bond donors (Lipinski definition) is 2. The first-order chi connectivity index (χ1) is 20.9. The fourth-order valence-corrected chi connectivity index (χ4v) is 6.07. The summed E-state index contributed by atoms with van der Waals surface area (Å²) in [4.78, 5) is 50.5. The van der Waals surface area contributed by atoms with Crippen LogP contribution in [0.2, 0.25) is 0 Å². The van der Waals surface area contributed by atoms with Gasteiger partial charge < -0.3 is 20.1 Å². The highest BCUT2D eigenvalue weighted by atomic mass is 16.5. The summed E-state index contributed by atoms with van der Waals surface area (Å²) in [5.74, 6) is -0.836. The third-order valence-electron chi connectivity index (χ3n) is 8.24. The number of aromatic carboxylic acids is 1. The van der Waals surface area contributed by atoms with Gasteiger partial charge in [-0.15, -0.1) is 0 Å². The molecule has 0 bridgehead atoms. The van der Waals surface area contributed by atoms with Gasteiger partial charge in [-0.05, 0) is 73.2 Å². The molecule has 0 aliphatic carbocycles. The maximum atomic E-state index is 13.8. The van der Waals surface area contributed by atoms with Gasteiger partial charge in [0.1, 0.15) is 5.75 Å². The second-order valence-electron chi connectivity index (χ2n) is 10.9. The summed E-state index contributed by atoms with van der Waals surface area (Å²) in [6.07, 6.45) is 5.06. The number of nitrogens with one attached hydrogen (secondary N) is 1. The molecule has 2 aliphatic rings. The molecule has 2 amide bonds. The van der Waals surface area contributed by atoms with E-state index in [-0.39, 0.29) is 30.0 Å². The van der Waals surface area contributed by atoms with E-state index >= 15 is 0 Å². The lowest BCUT2D eigenvalue weighted by Gasteiger charge is -2.33. The molecule has 1 saturated heterocycles. The topological polar surface area (TPSA) is 122 Å². The molecule has 0 unspecified atom stereocenters. The number of carbonyl (C=O) groups excluding carboxylic acids is 2. The molecule has 4 heterocycles. The second-order valence-corrected chi connectivity index (χ2v) is 10.9. The van der Waals surface area contributed by atoms with Crippen molar-refractivity contribution in [2.45, 2.75) is 44.7 Å². The number of amides is 2. The van der Waals surface area contributed by atoms with Gasteiger partial charge in [-0.2, -0.15) is 0 Å². The predicted molar refractivity (Wildman–Crippen MR) is 160 cm³/mol. The molecule has 43 heavy (non-hydrogen) atoms. The van der Waals surface area contributed by atoms with Gasteiger partial charge in [-0.25, -0.2) is 4.79 Å². The van der Waals surface area contributed by atoms with Crippen molar-refractivity contribution in [1.82, 2.24) is 20.2 Å².